The lowest BCUT2D eigenvalue weighted by Crippen LogP contribution is -2.17. The number of ether oxygens (including phenoxy) is 2. The van der Waals surface area contributed by atoms with E-state index in [0.29, 0.717) is 22.7 Å². The van der Waals surface area contributed by atoms with Crippen molar-refractivity contribution in [2.24, 2.45) is 0 Å². The number of methoxy groups -OCH3 is 1. The van der Waals surface area contributed by atoms with Crippen molar-refractivity contribution < 1.29 is 14.3 Å². The van der Waals surface area contributed by atoms with E-state index in [4.69, 9.17) is 9.47 Å². The van der Waals surface area contributed by atoms with E-state index in [1.165, 1.54) is 17.6 Å². The molecule has 6 nitrogen and oxygen atoms in total. The quantitative estimate of drug-likeness (QED) is 0.511. The van der Waals surface area contributed by atoms with Crippen molar-refractivity contribution in [2.75, 3.05) is 7.11 Å². The molecule has 0 radical (unpaired) electrons. The zero-order valence-corrected chi connectivity index (χ0v) is 15.5. The number of esters is 1. The van der Waals surface area contributed by atoms with Crippen LogP contribution in [0.1, 0.15) is 21.6 Å². The lowest BCUT2D eigenvalue weighted by molar-refractivity contribution is 0.0464. The number of carbonyl (C=O) groups excluding carboxylic acids is 1. The number of aromatic nitrogens is 2. The highest BCUT2D eigenvalue weighted by Crippen LogP contribution is 2.26. The van der Waals surface area contributed by atoms with Crippen molar-refractivity contribution in [1.29, 1.82) is 0 Å². The summed E-state index contributed by atoms with van der Waals surface area (Å²) in [5, 5.41) is 1.88. The number of benzene rings is 2. The van der Waals surface area contributed by atoms with Gasteiger partial charge in [0.25, 0.3) is 5.56 Å². The molecule has 0 unspecified atom stereocenters. The molecule has 2 aromatic heterocycles. The van der Waals surface area contributed by atoms with Gasteiger partial charge < -0.3 is 9.47 Å². The molecule has 6 heteroatoms. The Labute approximate surface area is 161 Å². The van der Waals surface area contributed by atoms with Crippen LogP contribution in [0.2, 0.25) is 0 Å². The molecule has 2 heterocycles. The fourth-order valence-corrected chi connectivity index (χ4v) is 3.15. The predicted molar refractivity (Wildman–Crippen MR) is 106 cm³/mol. The number of nitrogens with zero attached hydrogens (tertiary/aromatic N) is 2. The summed E-state index contributed by atoms with van der Waals surface area (Å²) in [7, 11) is 1.51. The second kappa shape index (κ2) is 7.15. The first-order valence-corrected chi connectivity index (χ1v) is 8.78. The van der Waals surface area contributed by atoms with Crippen LogP contribution in [0.15, 0.2) is 65.6 Å². The fourth-order valence-electron chi connectivity index (χ4n) is 3.15. The number of pyridine rings is 1. The number of hydrogen-bond acceptors (Lipinski definition) is 5. The van der Waals surface area contributed by atoms with Crippen molar-refractivity contribution in [3.05, 3.63) is 88.0 Å². The lowest BCUT2D eigenvalue weighted by Gasteiger charge is -2.11. The van der Waals surface area contributed by atoms with Crippen LogP contribution in [0.25, 0.3) is 16.4 Å². The maximum atomic E-state index is 12.6. The number of carbonyl (C=O) groups is 1. The Kier molecular flexibility index (Phi) is 4.53. The lowest BCUT2D eigenvalue weighted by atomic mass is 10.1. The van der Waals surface area contributed by atoms with Gasteiger partial charge in [0.2, 0.25) is 0 Å². The minimum Gasteiger partial charge on any atom is -0.496 e. The van der Waals surface area contributed by atoms with Gasteiger partial charge in [-0.15, -0.1) is 0 Å². The molecule has 4 rings (SSSR count). The minimum absolute atomic E-state index is 0.102. The SMILES string of the molecule is COc1cc2ccccc2cc1C(=O)OCc1cc(=O)n2cccc(C)c2n1. The van der Waals surface area contributed by atoms with Crippen LogP contribution in [0.3, 0.4) is 0 Å². The molecule has 0 atom stereocenters. The summed E-state index contributed by atoms with van der Waals surface area (Å²) in [5.74, 6) is -0.0968. The van der Waals surface area contributed by atoms with Gasteiger partial charge in [0.1, 0.15) is 23.6 Å². The van der Waals surface area contributed by atoms with Gasteiger partial charge in [0.15, 0.2) is 0 Å². The van der Waals surface area contributed by atoms with Gasteiger partial charge in [-0.1, -0.05) is 30.3 Å². The van der Waals surface area contributed by atoms with E-state index >= 15 is 0 Å². The molecule has 0 spiro atoms. The van der Waals surface area contributed by atoms with E-state index in [9.17, 15) is 9.59 Å². The summed E-state index contributed by atoms with van der Waals surface area (Å²) < 4.78 is 12.2. The van der Waals surface area contributed by atoms with Crippen molar-refractivity contribution >= 4 is 22.4 Å². The molecule has 2 aromatic carbocycles. The second-order valence-corrected chi connectivity index (χ2v) is 6.45. The number of hydrogen-bond donors (Lipinski definition) is 0. The molecular formula is C22H18N2O4. The zero-order valence-electron chi connectivity index (χ0n) is 15.5. The Balaban J connectivity index is 1.63. The Morgan fingerprint density at radius 1 is 1.07 bits per heavy atom. The van der Waals surface area contributed by atoms with Crippen LogP contribution in [0, 0.1) is 6.92 Å². The highest BCUT2D eigenvalue weighted by atomic mass is 16.5. The molecule has 0 amide bonds. The highest BCUT2D eigenvalue weighted by Gasteiger charge is 2.16. The van der Waals surface area contributed by atoms with Gasteiger partial charge in [-0.05, 0) is 41.5 Å². The van der Waals surface area contributed by atoms with E-state index in [1.807, 2.05) is 37.3 Å². The van der Waals surface area contributed by atoms with Crippen LogP contribution in [-0.4, -0.2) is 22.5 Å². The molecule has 0 aliphatic heterocycles. The molecule has 0 aliphatic rings. The summed E-state index contributed by atoms with van der Waals surface area (Å²) in [6.45, 7) is 1.77. The van der Waals surface area contributed by atoms with Crippen LogP contribution >= 0.6 is 0 Å². The van der Waals surface area contributed by atoms with Crippen molar-refractivity contribution in [2.45, 2.75) is 13.5 Å². The van der Waals surface area contributed by atoms with Crippen LogP contribution in [0.5, 0.6) is 5.75 Å². The number of rotatable bonds is 4. The third kappa shape index (κ3) is 3.20. The van der Waals surface area contributed by atoms with Gasteiger partial charge in [0, 0.05) is 12.3 Å². The van der Waals surface area contributed by atoms with E-state index in [1.54, 1.807) is 24.4 Å². The fraction of sp³-hybridized carbons (Fsp3) is 0.136. The summed E-state index contributed by atoms with van der Waals surface area (Å²) >= 11 is 0. The molecule has 0 bridgehead atoms. The first kappa shape index (κ1) is 17.7. The average Bonchev–Trinajstić information content (AvgIpc) is 2.71. The Bertz CT molecular complexity index is 1260. The van der Waals surface area contributed by atoms with Gasteiger partial charge in [-0.25, -0.2) is 9.78 Å². The molecule has 140 valence electrons. The minimum atomic E-state index is -0.533. The molecule has 0 saturated heterocycles. The van der Waals surface area contributed by atoms with E-state index < -0.39 is 5.97 Å². The summed E-state index contributed by atoms with van der Waals surface area (Å²) in [4.78, 5) is 29.4. The monoisotopic (exact) mass is 374 g/mol. The van der Waals surface area contributed by atoms with Crippen molar-refractivity contribution in [1.82, 2.24) is 9.38 Å². The molecule has 0 aliphatic carbocycles. The number of aryl methyl sites for hydroxylation is 1. The predicted octanol–water partition coefficient (Wildman–Crippen LogP) is 3.52. The Morgan fingerprint density at radius 2 is 1.82 bits per heavy atom. The van der Waals surface area contributed by atoms with Crippen LogP contribution in [-0.2, 0) is 11.3 Å². The van der Waals surface area contributed by atoms with Gasteiger partial charge >= 0.3 is 5.97 Å². The largest absolute Gasteiger partial charge is 0.496 e. The van der Waals surface area contributed by atoms with Crippen molar-refractivity contribution in [3.8, 4) is 5.75 Å². The average molecular weight is 374 g/mol. The molecule has 0 saturated carbocycles. The van der Waals surface area contributed by atoms with Crippen LogP contribution in [0.4, 0.5) is 0 Å². The van der Waals surface area contributed by atoms with Gasteiger partial charge in [-0.2, -0.15) is 0 Å². The third-order valence-corrected chi connectivity index (χ3v) is 4.58. The normalized spacial score (nSPS) is 10.9. The maximum absolute atomic E-state index is 12.6. The molecule has 4 aromatic rings. The Morgan fingerprint density at radius 3 is 2.57 bits per heavy atom. The topological polar surface area (TPSA) is 69.9 Å². The van der Waals surface area contributed by atoms with E-state index in [2.05, 4.69) is 4.98 Å². The standard InChI is InChI=1S/C22H18N2O4/c1-14-6-5-9-24-20(25)12-17(23-21(14)24)13-28-22(26)18-10-15-7-3-4-8-16(15)11-19(18)27-2/h3-12H,13H2,1-2H3. The first-order valence-electron chi connectivity index (χ1n) is 8.78. The summed E-state index contributed by atoms with van der Waals surface area (Å²) in [6, 6.07) is 16.3. The maximum Gasteiger partial charge on any atom is 0.342 e. The summed E-state index contributed by atoms with van der Waals surface area (Å²) in [6.07, 6.45) is 1.66. The first-order chi connectivity index (χ1) is 13.6. The molecular weight excluding hydrogens is 356 g/mol. The van der Waals surface area contributed by atoms with Crippen LogP contribution < -0.4 is 10.3 Å². The highest BCUT2D eigenvalue weighted by molar-refractivity contribution is 5.98. The molecule has 0 N–H and O–H groups in total. The molecule has 0 fully saturated rings. The summed E-state index contributed by atoms with van der Waals surface area (Å²) in [5.41, 5.74) is 1.92. The van der Waals surface area contributed by atoms with Gasteiger partial charge in [-0.3, -0.25) is 9.20 Å². The third-order valence-electron chi connectivity index (χ3n) is 4.58. The zero-order chi connectivity index (χ0) is 19.7. The second-order valence-electron chi connectivity index (χ2n) is 6.45. The molecule has 28 heavy (non-hydrogen) atoms. The van der Waals surface area contributed by atoms with E-state index in [-0.39, 0.29) is 12.2 Å². The van der Waals surface area contributed by atoms with Crippen molar-refractivity contribution in [3.63, 3.8) is 0 Å². The number of fused-ring (bicyclic) bond motifs is 2. The van der Waals surface area contributed by atoms with E-state index in [0.717, 1.165) is 16.3 Å². The smallest absolute Gasteiger partial charge is 0.342 e. The van der Waals surface area contributed by atoms with Gasteiger partial charge in [0.05, 0.1) is 12.8 Å². The Hall–Kier alpha value is -3.67.